The van der Waals surface area contributed by atoms with E-state index in [1.54, 1.807) is 0 Å². The van der Waals surface area contributed by atoms with Crippen LogP contribution in [0.1, 0.15) is 13.3 Å². The first-order valence-corrected chi connectivity index (χ1v) is 4.46. The van der Waals surface area contributed by atoms with Crippen LogP contribution in [0.4, 0.5) is 0 Å². The lowest BCUT2D eigenvalue weighted by atomic mass is 10.2. The quantitative estimate of drug-likeness (QED) is 0.311. The van der Waals surface area contributed by atoms with Crippen molar-refractivity contribution in [2.45, 2.75) is 31.5 Å². The summed E-state index contributed by atoms with van der Waals surface area (Å²) in [5.74, 6) is -3.68. The first-order valence-electron chi connectivity index (χ1n) is 4.46. The lowest BCUT2D eigenvalue weighted by Gasteiger charge is -2.06. The van der Waals surface area contributed by atoms with E-state index in [-0.39, 0.29) is 0 Å². The average molecular weight is 252 g/mol. The molecule has 0 saturated carbocycles. The van der Waals surface area contributed by atoms with Crippen molar-refractivity contribution in [1.82, 2.24) is 0 Å². The molecule has 0 bridgehead atoms. The third-order valence-corrected chi connectivity index (χ3v) is 1.52. The largest absolute Gasteiger partial charge is 0.481 e. The van der Waals surface area contributed by atoms with Gasteiger partial charge in [0.2, 0.25) is 0 Å². The molecular formula is C8H16N2O7. The zero-order valence-electron chi connectivity index (χ0n) is 9.11. The van der Waals surface area contributed by atoms with Crippen LogP contribution < -0.4 is 11.5 Å². The highest BCUT2D eigenvalue weighted by molar-refractivity contribution is 5.80. The summed E-state index contributed by atoms with van der Waals surface area (Å²) < 4.78 is 0. The Bertz CT molecular complexity index is 279. The number of hydrogen-bond donors (Lipinski definition) is 6. The first kappa shape index (κ1) is 17.7. The van der Waals surface area contributed by atoms with Crippen LogP contribution in [-0.2, 0) is 14.4 Å². The van der Waals surface area contributed by atoms with E-state index in [9.17, 15) is 14.4 Å². The maximum Gasteiger partial charge on any atom is 0.323 e. The molecule has 0 aliphatic carbocycles. The van der Waals surface area contributed by atoms with Crippen molar-refractivity contribution in [3.05, 3.63) is 0 Å². The van der Waals surface area contributed by atoms with Crippen LogP contribution in [0.3, 0.4) is 0 Å². The Balaban J connectivity index is 0. The van der Waals surface area contributed by atoms with Crippen molar-refractivity contribution < 1.29 is 34.8 Å². The van der Waals surface area contributed by atoms with Crippen LogP contribution in [0.25, 0.3) is 0 Å². The van der Waals surface area contributed by atoms with Crippen LogP contribution >= 0.6 is 0 Å². The zero-order valence-corrected chi connectivity index (χ0v) is 9.11. The van der Waals surface area contributed by atoms with E-state index in [4.69, 9.17) is 31.9 Å². The number of hydrogen-bond acceptors (Lipinski definition) is 6. The monoisotopic (exact) mass is 252 g/mol. The number of carboxylic acid groups (broad SMARTS) is 3. The summed E-state index contributed by atoms with van der Waals surface area (Å²) in [4.78, 5) is 29.5. The molecule has 0 amide bonds. The van der Waals surface area contributed by atoms with Crippen molar-refractivity contribution >= 4 is 17.9 Å². The lowest BCUT2D eigenvalue weighted by Crippen LogP contribution is -2.39. The van der Waals surface area contributed by atoms with E-state index in [0.29, 0.717) is 0 Å². The van der Waals surface area contributed by atoms with E-state index in [0.717, 1.165) is 0 Å². The summed E-state index contributed by atoms with van der Waals surface area (Å²) in [5, 5.41) is 32.6. The molecule has 3 atom stereocenters. The van der Waals surface area contributed by atoms with Gasteiger partial charge in [0.05, 0.1) is 12.5 Å². The third kappa shape index (κ3) is 10.6. The second-order valence-electron chi connectivity index (χ2n) is 3.15. The van der Waals surface area contributed by atoms with Crippen molar-refractivity contribution in [3.8, 4) is 0 Å². The maximum atomic E-state index is 9.86. The van der Waals surface area contributed by atoms with E-state index < -0.39 is 42.5 Å². The Hall–Kier alpha value is -1.71. The van der Waals surface area contributed by atoms with Gasteiger partial charge in [0.1, 0.15) is 12.1 Å². The highest BCUT2D eigenvalue weighted by atomic mass is 16.4. The van der Waals surface area contributed by atoms with Crippen LogP contribution in [0.2, 0.25) is 0 Å². The van der Waals surface area contributed by atoms with E-state index in [2.05, 4.69) is 0 Å². The third-order valence-electron chi connectivity index (χ3n) is 1.52. The van der Waals surface area contributed by atoms with Gasteiger partial charge >= 0.3 is 17.9 Å². The summed E-state index contributed by atoms with van der Waals surface area (Å²) in [5.41, 5.74) is 9.75. The topological polar surface area (TPSA) is 184 Å². The van der Waals surface area contributed by atoms with Crippen LogP contribution in [0.5, 0.6) is 0 Å². The Kier molecular flexibility index (Phi) is 8.78. The molecule has 0 fully saturated rings. The van der Waals surface area contributed by atoms with Gasteiger partial charge in [0.25, 0.3) is 0 Å². The predicted molar refractivity (Wildman–Crippen MR) is 55.2 cm³/mol. The summed E-state index contributed by atoms with van der Waals surface area (Å²) in [6, 6.07) is -2.45. The standard InChI is InChI=1S/C4H7NO4.C4H9NO3/c5-2(4(8)9)1-3(6)7;1-2(6)3(5)4(7)8/h2H,1,5H2,(H,6,7)(H,8,9);2-3,6H,5H2,1H3,(H,7,8)/t;2?,3-/m.0/s1. The summed E-state index contributed by atoms with van der Waals surface area (Å²) in [7, 11) is 0. The molecule has 8 N–H and O–H groups in total. The first-order chi connectivity index (χ1) is 7.59. The maximum absolute atomic E-state index is 9.86. The molecule has 0 saturated heterocycles. The number of rotatable bonds is 5. The summed E-state index contributed by atoms with van der Waals surface area (Å²) in [6.45, 7) is 1.33. The number of carbonyl (C=O) groups is 3. The Morgan fingerprint density at radius 2 is 1.47 bits per heavy atom. The Morgan fingerprint density at radius 3 is 1.53 bits per heavy atom. The van der Waals surface area contributed by atoms with Crippen molar-refractivity contribution in [2.75, 3.05) is 0 Å². The van der Waals surface area contributed by atoms with Crippen LogP contribution in [0, 0.1) is 0 Å². The SMILES string of the molecule is CC(O)[C@H](N)C(=O)O.NC(CC(=O)O)C(=O)O. The molecule has 0 aromatic carbocycles. The Labute approximate surface area is 96.6 Å². The molecule has 0 rings (SSSR count). The van der Waals surface area contributed by atoms with E-state index in [1.165, 1.54) is 6.92 Å². The lowest BCUT2D eigenvalue weighted by molar-refractivity contribution is -0.144. The molecule has 0 spiro atoms. The van der Waals surface area contributed by atoms with Gasteiger partial charge in [-0.05, 0) is 6.92 Å². The molecule has 0 radical (unpaired) electrons. The number of nitrogens with two attached hydrogens (primary N) is 2. The molecule has 0 heterocycles. The molecule has 0 aliphatic rings. The normalized spacial score (nSPS) is 14.8. The van der Waals surface area contributed by atoms with Crippen LogP contribution in [-0.4, -0.2) is 56.5 Å². The van der Waals surface area contributed by atoms with E-state index in [1.807, 2.05) is 0 Å². The predicted octanol–water partition coefficient (Wildman–Crippen LogP) is -2.35. The van der Waals surface area contributed by atoms with Gasteiger partial charge in [-0.25, -0.2) is 0 Å². The summed E-state index contributed by atoms with van der Waals surface area (Å²) in [6.07, 6.45) is -1.51. The molecule has 17 heavy (non-hydrogen) atoms. The number of aliphatic carboxylic acids is 3. The molecular weight excluding hydrogens is 236 g/mol. The van der Waals surface area contributed by atoms with Crippen LogP contribution in [0.15, 0.2) is 0 Å². The zero-order chi connectivity index (χ0) is 14.2. The smallest absolute Gasteiger partial charge is 0.323 e. The second-order valence-corrected chi connectivity index (χ2v) is 3.15. The fraction of sp³-hybridized carbons (Fsp3) is 0.625. The second kappa shape index (κ2) is 8.44. The molecule has 0 aromatic heterocycles. The molecule has 0 aliphatic heterocycles. The van der Waals surface area contributed by atoms with Crippen molar-refractivity contribution in [2.24, 2.45) is 11.5 Å². The summed E-state index contributed by atoms with van der Waals surface area (Å²) >= 11 is 0. The van der Waals surface area contributed by atoms with Gasteiger partial charge in [0, 0.05) is 0 Å². The molecule has 9 heteroatoms. The van der Waals surface area contributed by atoms with Crippen molar-refractivity contribution in [1.29, 1.82) is 0 Å². The fourth-order valence-corrected chi connectivity index (χ4v) is 0.482. The highest BCUT2D eigenvalue weighted by Gasteiger charge is 2.16. The minimum atomic E-state index is -1.29. The van der Waals surface area contributed by atoms with Gasteiger partial charge in [-0.2, -0.15) is 0 Å². The minimum absolute atomic E-state index is 0.532. The molecule has 9 nitrogen and oxygen atoms in total. The van der Waals surface area contributed by atoms with Crippen molar-refractivity contribution in [3.63, 3.8) is 0 Å². The molecule has 0 aromatic rings. The highest BCUT2D eigenvalue weighted by Crippen LogP contribution is 1.86. The number of aliphatic hydroxyl groups excluding tert-OH is 1. The van der Waals surface area contributed by atoms with Gasteiger partial charge in [-0.15, -0.1) is 0 Å². The van der Waals surface area contributed by atoms with Gasteiger partial charge in [-0.1, -0.05) is 0 Å². The fourth-order valence-electron chi connectivity index (χ4n) is 0.482. The van der Waals surface area contributed by atoms with Gasteiger partial charge in [0.15, 0.2) is 0 Å². The minimum Gasteiger partial charge on any atom is -0.481 e. The number of aliphatic hydroxyl groups is 1. The Morgan fingerprint density at radius 1 is 1.06 bits per heavy atom. The van der Waals surface area contributed by atoms with Gasteiger partial charge < -0.3 is 31.9 Å². The molecule has 100 valence electrons. The van der Waals surface area contributed by atoms with E-state index >= 15 is 0 Å². The number of carboxylic acids is 3. The average Bonchev–Trinajstić information content (AvgIpc) is 2.15. The molecule has 2 unspecified atom stereocenters. The van der Waals surface area contributed by atoms with Gasteiger partial charge in [-0.3, -0.25) is 14.4 Å².